The second-order valence-electron chi connectivity index (χ2n) is 4.24. The first kappa shape index (κ1) is 13.4. The Bertz CT molecular complexity index is 229. The number of nitrogens with one attached hydrogen (secondary N) is 1. The second kappa shape index (κ2) is 6.18. The fourth-order valence-electron chi connectivity index (χ4n) is 2.01. The first-order valence-corrected chi connectivity index (χ1v) is 5.76. The molecule has 1 unspecified atom stereocenters. The summed E-state index contributed by atoms with van der Waals surface area (Å²) in [5.74, 6) is -0.208. The smallest absolute Gasteiger partial charge is 0.327 e. The van der Waals surface area contributed by atoms with Crippen LogP contribution in [0.4, 0.5) is 0 Å². The van der Waals surface area contributed by atoms with Gasteiger partial charge in [0.15, 0.2) is 0 Å². The van der Waals surface area contributed by atoms with Crippen molar-refractivity contribution in [2.45, 2.75) is 19.4 Å². The molecular formula is C11H22N2O3. The number of morpholine rings is 1. The van der Waals surface area contributed by atoms with Gasteiger partial charge >= 0.3 is 5.97 Å². The molecule has 1 saturated heterocycles. The number of methoxy groups -OCH3 is 1. The average molecular weight is 230 g/mol. The van der Waals surface area contributed by atoms with Crippen molar-refractivity contribution in [3.63, 3.8) is 0 Å². The molecule has 0 aromatic heterocycles. The summed E-state index contributed by atoms with van der Waals surface area (Å²) in [6.07, 6.45) is 0. The van der Waals surface area contributed by atoms with Crippen LogP contribution in [0.15, 0.2) is 0 Å². The van der Waals surface area contributed by atoms with Gasteiger partial charge in [0.25, 0.3) is 0 Å². The van der Waals surface area contributed by atoms with Gasteiger partial charge < -0.3 is 14.8 Å². The Kier molecular flexibility index (Phi) is 5.18. The summed E-state index contributed by atoms with van der Waals surface area (Å²) < 4.78 is 10.1. The summed E-state index contributed by atoms with van der Waals surface area (Å²) >= 11 is 0. The van der Waals surface area contributed by atoms with Gasteiger partial charge in [-0.25, -0.2) is 0 Å². The third kappa shape index (κ3) is 3.43. The maximum Gasteiger partial charge on any atom is 0.327 e. The van der Waals surface area contributed by atoms with Crippen molar-refractivity contribution in [1.29, 1.82) is 0 Å². The quantitative estimate of drug-likeness (QED) is 0.666. The molecule has 1 fully saturated rings. The highest BCUT2D eigenvalue weighted by atomic mass is 16.5. The van der Waals surface area contributed by atoms with E-state index in [1.807, 2.05) is 13.8 Å². The van der Waals surface area contributed by atoms with Crippen LogP contribution >= 0.6 is 0 Å². The van der Waals surface area contributed by atoms with E-state index < -0.39 is 5.54 Å². The van der Waals surface area contributed by atoms with Crippen molar-refractivity contribution in [1.82, 2.24) is 10.2 Å². The lowest BCUT2D eigenvalue weighted by Gasteiger charge is -2.35. The average Bonchev–Trinajstić information content (AvgIpc) is 2.29. The first-order chi connectivity index (χ1) is 7.62. The lowest BCUT2D eigenvalue weighted by Crippen LogP contribution is -2.58. The predicted molar refractivity (Wildman–Crippen MR) is 61.4 cm³/mol. The maximum absolute atomic E-state index is 11.8. The molecule has 0 aromatic rings. The van der Waals surface area contributed by atoms with Gasteiger partial charge in [-0.1, -0.05) is 6.92 Å². The number of carbonyl (C=O) groups excluding carboxylic acids is 1. The number of esters is 1. The zero-order valence-corrected chi connectivity index (χ0v) is 10.4. The fraction of sp³-hybridized carbons (Fsp3) is 0.909. The molecule has 1 rings (SSSR count). The van der Waals surface area contributed by atoms with Gasteiger partial charge in [0.05, 0.1) is 20.3 Å². The molecule has 0 saturated carbocycles. The molecular weight excluding hydrogens is 208 g/mol. The van der Waals surface area contributed by atoms with Crippen LogP contribution in [0.1, 0.15) is 13.8 Å². The molecule has 1 aliphatic rings. The molecule has 0 aromatic carbocycles. The van der Waals surface area contributed by atoms with E-state index in [-0.39, 0.29) is 5.97 Å². The highest BCUT2D eigenvalue weighted by Gasteiger charge is 2.35. The molecule has 0 amide bonds. The Labute approximate surface area is 97.1 Å². The van der Waals surface area contributed by atoms with E-state index >= 15 is 0 Å². The van der Waals surface area contributed by atoms with Crippen LogP contribution in [0.25, 0.3) is 0 Å². The van der Waals surface area contributed by atoms with Gasteiger partial charge in [0, 0.05) is 19.6 Å². The standard InChI is InChI=1S/C11H22N2O3/c1-4-12-11(2,10(14)15-3)9-13-5-7-16-8-6-13/h12H,4-9H2,1-3H3. The molecule has 1 N–H and O–H groups in total. The molecule has 0 spiro atoms. The van der Waals surface area contributed by atoms with E-state index in [0.717, 1.165) is 32.8 Å². The number of likely N-dealkylation sites (N-methyl/N-ethyl adjacent to an activating group) is 1. The van der Waals surface area contributed by atoms with Crippen LogP contribution in [0.3, 0.4) is 0 Å². The third-order valence-corrected chi connectivity index (χ3v) is 2.85. The molecule has 0 radical (unpaired) electrons. The lowest BCUT2D eigenvalue weighted by atomic mass is 10.0. The van der Waals surface area contributed by atoms with Crippen molar-refractivity contribution in [2.75, 3.05) is 46.5 Å². The normalized spacial score (nSPS) is 21.4. The van der Waals surface area contributed by atoms with Crippen molar-refractivity contribution in [2.24, 2.45) is 0 Å². The van der Waals surface area contributed by atoms with Crippen molar-refractivity contribution >= 4 is 5.97 Å². The number of rotatable bonds is 5. The van der Waals surface area contributed by atoms with Crippen LogP contribution in [0.2, 0.25) is 0 Å². The third-order valence-electron chi connectivity index (χ3n) is 2.85. The summed E-state index contributed by atoms with van der Waals surface area (Å²) in [6.45, 7) is 8.51. The van der Waals surface area contributed by atoms with E-state index in [1.165, 1.54) is 7.11 Å². The number of hydrogen-bond donors (Lipinski definition) is 1. The zero-order chi connectivity index (χ0) is 12.0. The second-order valence-corrected chi connectivity index (χ2v) is 4.24. The minimum atomic E-state index is -0.624. The maximum atomic E-state index is 11.8. The van der Waals surface area contributed by atoms with Crippen molar-refractivity contribution in [3.05, 3.63) is 0 Å². The van der Waals surface area contributed by atoms with E-state index in [0.29, 0.717) is 6.54 Å². The van der Waals surface area contributed by atoms with Gasteiger partial charge in [0.2, 0.25) is 0 Å². The van der Waals surface area contributed by atoms with Crippen LogP contribution in [0, 0.1) is 0 Å². The van der Waals surface area contributed by atoms with Crippen LogP contribution in [0.5, 0.6) is 0 Å². The summed E-state index contributed by atoms with van der Waals surface area (Å²) in [5.41, 5.74) is -0.624. The first-order valence-electron chi connectivity index (χ1n) is 5.76. The monoisotopic (exact) mass is 230 g/mol. The topological polar surface area (TPSA) is 50.8 Å². The van der Waals surface area contributed by atoms with Gasteiger partial charge in [-0.2, -0.15) is 0 Å². The molecule has 0 aliphatic carbocycles. The number of carbonyl (C=O) groups is 1. The zero-order valence-electron chi connectivity index (χ0n) is 10.4. The largest absolute Gasteiger partial charge is 0.468 e. The van der Waals surface area contributed by atoms with Gasteiger partial charge in [-0.05, 0) is 13.5 Å². The summed E-state index contributed by atoms with van der Waals surface area (Å²) in [4.78, 5) is 14.0. The molecule has 1 atom stereocenters. The molecule has 1 aliphatic heterocycles. The lowest BCUT2D eigenvalue weighted by molar-refractivity contribution is -0.149. The summed E-state index contributed by atoms with van der Waals surface area (Å²) in [5, 5.41) is 3.20. The predicted octanol–water partition coefficient (Wildman–Crippen LogP) is -0.140. The molecule has 16 heavy (non-hydrogen) atoms. The number of nitrogens with zero attached hydrogens (tertiary/aromatic N) is 1. The minimum absolute atomic E-state index is 0.208. The van der Waals surface area contributed by atoms with Crippen LogP contribution < -0.4 is 5.32 Å². The fourth-order valence-corrected chi connectivity index (χ4v) is 2.01. The molecule has 5 nitrogen and oxygen atoms in total. The van der Waals surface area contributed by atoms with Gasteiger partial charge in [-0.15, -0.1) is 0 Å². The van der Waals surface area contributed by atoms with E-state index in [1.54, 1.807) is 0 Å². The Balaban J connectivity index is 2.58. The van der Waals surface area contributed by atoms with E-state index in [4.69, 9.17) is 9.47 Å². The Hall–Kier alpha value is -0.650. The van der Waals surface area contributed by atoms with Crippen molar-refractivity contribution in [3.8, 4) is 0 Å². The summed E-state index contributed by atoms with van der Waals surface area (Å²) in [6, 6.07) is 0. The molecule has 0 bridgehead atoms. The van der Waals surface area contributed by atoms with Crippen molar-refractivity contribution < 1.29 is 14.3 Å². The SMILES string of the molecule is CCNC(C)(CN1CCOCC1)C(=O)OC. The van der Waals surface area contributed by atoms with Gasteiger partial charge in [0.1, 0.15) is 5.54 Å². The van der Waals surface area contributed by atoms with Gasteiger partial charge in [-0.3, -0.25) is 9.69 Å². The molecule has 5 heteroatoms. The Morgan fingerprint density at radius 3 is 2.62 bits per heavy atom. The highest BCUT2D eigenvalue weighted by Crippen LogP contribution is 2.10. The Morgan fingerprint density at radius 2 is 2.12 bits per heavy atom. The molecule has 1 heterocycles. The van der Waals surface area contributed by atoms with E-state index in [2.05, 4.69) is 10.2 Å². The summed E-state index contributed by atoms with van der Waals surface area (Å²) in [7, 11) is 1.43. The van der Waals surface area contributed by atoms with Crippen LogP contribution in [-0.4, -0.2) is 62.9 Å². The van der Waals surface area contributed by atoms with Crippen LogP contribution in [-0.2, 0) is 14.3 Å². The Morgan fingerprint density at radius 1 is 1.50 bits per heavy atom. The highest BCUT2D eigenvalue weighted by molar-refractivity contribution is 5.80. The minimum Gasteiger partial charge on any atom is -0.468 e. The van der Waals surface area contributed by atoms with E-state index in [9.17, 15) is 4.79 Å². The number of hydrogen-bond acceptors (Lipinski definition) is 5. The number of ether oxygens (including phenoxy) is 2. The molecule has 94 valence electrons.